The fourth-order valence-corrected chi connectivity index (χ4v) is 3.74. The van der Waals surface area contributed by atoms with Crippen LogP contribution in [0.4, 0.5) is 10.5 Å². The summed E-state index contributed by atoms with van der Waals surface area (Å²) in [6.07, 6.45) is 1.46. The van der Waals surface area contributed by atoms with E-state index in [9.17, 15) is 4.79 Å². The van der Waals surface area contributed by atoms with Crippen molar-refractivity contribution in [2.45, 2.75) is 19.1 Å². The molecule has 1 spiro atoms. The summed E-state index contributed by atoms with van der Waals surface area (Å²) in [4.78, 5) is 20.9. The number of ether oxygens (including phenoxy) is 2. The van der Waals surface area contributed by atoms with E-state index in [0.29, 0.717) is 37.9 Å². The topological polar surface area (TPSA) is 54.9 Å². The van der Waals surface area contributed by atoms with Crippen molar-refractivity contribution in [3.63, 3.8) is 0 Å². The van der Waals surface area contributed by atoms with Gasteiger partial charge >= 0.3 is 6.09 Å². The average molecular weight is 388 g/mol. The first-order valence-electron chi connectivity index (χ1n) is 9.01. The number of nitrogens with zero attached hydrogens (tertiary/aromatic N) is 3. The molecule has 1 aromatic heterocycles. The van der Waals surface area contributed by atoms with E-state index in [-0.39, 0.29) is 6.09 Å². The molecule has 1 atom stereocenters. The maximum Gasteiger partial charge on any atom is 0.415 e. The normalized spacial score (nSPS) is 23.5. The number of aromatic nitrogens is 1. The largest absolute Gasteiger partial charge is 0.437 e. The van der Waals surface area contributed by atoms with Gasteiger partial charge in [-0.15, -0.1) is 0 Å². The van der Waals surface area contributed by atoms with Crippen LogP contribution < -0.4 is 4.90 Å². The number of anilines is 1. The molecule has 0 N–H and O–H groups in total. The summed E-state index contributed by atoms with van der Waals surface area (Å²) in [6.45, 7) is 5.59. The molecule has 27 heavy (non-hydrogen) atoms. The zero-order chi connectivity index (χ0) is 18.9. The summed E-state index contributed by atoms with van der Waals surface area (Å²) >= 11 is 5.96. The molecule has 3 heterocycles. The summed E-state index contributed by atoms with van der Waals surface area (Å²) in [6, 6.07) is 11.2. The molecule has 6 nitrogen and oxygen atoms in total. The van der Waals surface area contributed by atoms with Crippen molar-refractivity contribution in [2.75, 3.05) is 37.7 Å². The molecule has 0 radical (unpaired) electrons. The lowest BCUT2D eigenvalue weighted by Crippen LogP contribution is -2.47. The summed E-state index contributed by atoms with van der Waals surface area (Å²) in [5, 5.41) is 0.635. The molecule has 0 saturated carbocycles. The van der Waals surface area contributed by atoms with Crippen molar-refractivity contribution in [3.8, 4) is 0 Å². The zero-order valence-electron chi connectivity index (χ0n) is 15.2. The van der Waals surface area contributed by atoms with Crippen LogP contribution in [0.15, 0.2) is 42.6 Å². The Labute approximate surface area is 163 Å². The first-order valence-corrected chi connectivity index (χ1v) is 9.39. The summed E-state index contributed by atoms with van der Waals surface area (Å²) in [7, 11) is 0. The predicted molar refractivity (Wildman–Crippen MR) is 103 cm³/mol. The van der Waals surface area contributed by atoms with E-state index in [1.54, 1.807) is 17.0 Å². The molecule has 1 unspecified atom stereocenters. The third-order valence-corrected chi connectivity index (χ3v) is 5.28. The van der Waals surface area contributed by atoms with Crippen LogP contribution in [0, 0.1) is 6.92 Å². The van der Waals surface area contributed by atoms with Crippen LogP contribution in [0.1, 0.15) is 11.3 Å². The minimum Gasteiger partial charge on any atom is -0.437 e. The van der Waals surface area contributed by atoms with E-state index in [0.717, 1.165) is 23.5 Å². The first kappa shape index (κ1) is 18.2. The number of amides is 1. The Morgan fingerprint density at radius 2 is 2.04 bits per heavy atom. The van der Waals surface area contributed by atoms with Crippen LogP contribution in [0.25, 0.3) is 0 Å². The van der Waals surface area contributed by atoms with Crippen LogP contribution >= 0.6 is 11.6 Å². The minimum atomic E-state index is -0.685. The third kappa shape index (κ3) is 3.93. The highest BCUT2D eigenvalue weighted by Crippen LogP contribution is 2.31. The Balaban J connectivity index is 1.52. The Morgan fingerprint density at radius 3 is 2.81 bits per heavy atom. The van der Waals surface area contributed by atoms with E-state index < -0.39 is 5.60 Å². The van der Waals surface area contributed by atoms with Gasteiger partial charge in [0, 0.05) is 36.5 Å². The monoisotopic (exact) mass is 387 g/mol. The van der Waals surface area contributed by atoms with Gasteiger partial charge in [0.15, 0.2) is 5.60 Å². The Bertz CT molecular complexity index is 829. The lowest BCUT2D eigenvalue weighted by Gasteiger charge is -2.29. The van der Waals surface area contributed by atoms with Gasteiger partial charge in [-0.25, -0.2) is 4.79 Å². The fourth-order valence-electron chi connectivity index (χ4n) is 3.62. The highest BCUT2D eigenvalue weighted by atomic mass is 35.5. The molecule has 2 fully saturated rings. The molecule has 2 saturated heterocycles. The van der Waals surface area contributed by atoms with Gasteiger partial charge in [0.25, 0.3) is 0 Å². The van der Waals surface area contributed by atoms with Gasteiger partial charge in [0.05, 0.1) is 25.5 Å². The number of benzene rings is 1. The van der Waals surface area contributed by atoms with Gasteiger partial charge in [-0.05, 0) is 42.8 Å². The number of rotatable bonds is 3. The van der Waals surface area contributed by atoms with E-state index in [1.807, 2.05) is 24.4 Å². The van der Waals surface area contributed by atoms with Crippen molar-refractivity contribution >= 4 is 23.4 Å². The standard InChI is InChI=1S/C20H22ClN3O3/c1-15-3-2-8-22-18(15)11-23-9-10-26-14-20(12-23)13-24(19(25)27-20)17-6-4-16(21)5-7-17/h2-8H,9-14H2,1H3. The number of carbonyl (C=O) groups is 1. The van der Waals surface area contributed by atoms with Crippen molar-refractivity contribution in [2.24, 2.45) is 0 Å². The van der Waals surface area contributed by atoms with Crippen molar-refractivity contribution < 1.29 is 14.3 Å². The molecule has 1 amide bonds. The van der Waals surface area contributed by atoms with Gasteiger partial charge in [-0.1, -0.05) is 17.7 Å². The summed E-state index contributed by atoms with van der Waals surface area (Å²) in [5.74, 6) is 0. The number of pyridine rings is 1. The van der Waals surface area contributed by atoms with Crippen LogP contribution in [-0.2, 0) is 16.0 Å². The highest BCUT2D eigenvalue weighted by Gasteiger charge is 2.48. The van der Waals surface area contributed by atoms with Gasteiger partial charge in [-0.2, -0.15) is 0 Å². The lowest BCUT2D eigenvalue weighted by atomic mass is 10.0. The van der Waals surface area contributed by atoms with Crippen LogP contribution in [-0.4, -0.2) is 54.4 Å². The molecule has 2 aliphatic heterocycles. The second-order valence-electron chi connectivity index (χ2n) is 7.14. The van der Waals surface area contributed by atoms with E-state index in [2.05, 4.69) is 22.9 Å². The second kappa shape index (κ2) is 7.46. The highest BCUT2D eigenvalue weighted by molar-refractivity contribution is 6.30. The Morgan fingerprint density at radius 1 is 1.22 bits per heavy atom. The quantitative estimate of drug-likeness (QED) is 0.809. The lowest BCUT2D eigenvalue weighted by molar-refractivity contribution is -0.0155. The van der Waals surface area contributed by atoms with Crippen LogP contribution in [0.3, 0.4) is 0 Å². The van der Waals surface area contributed by atoms with E-state index in [4.69, 9.17) is 21.1 Å². The van der Waals surface area contributed by atoms with E-state index >= 15 is 0 Å². The molecular formula is C20H22ClN3O3. The molecule has 142 valence electrons. The molecule has 7 heteroatoms. The number of halogens is 1. The van der Waals surface area contributed by atoms with Gasteiger partial charge in [-0.3, -0.25) is 14.8 Å². The zero-order valence-corrected chi connectivity index (χ0v) is 16.0. The number of carbonyl (C=O) groups excluding carboxylic acids is 1. The fraction of sp³-hybridized carbons (Fsp3) is 0.400. The molecule has 1 aromatic carbocycles. The van der Waals surface area contributed by atoms with Crippen molar-refractivity contribution in [1.82, 2.24) is 9.88 Å². The molecule has 0 bridgehead atoms. The minimum absolute atomic E-state index is 0.350. The Kier molecular flexibility index (Phi) is 5.04. The number of hydrogen-bond donors (Lipinski definition) is 0. The summed E-state index contributed by atoms with van der Waals surface area (Å²) in [5.41, 5.74) is 2.28. The van der Waals surface area contributed by atoms with Crippen LogP contribution in [0.5, 0.6) is 0 Å². The first-order chi connectivity index (χ1) is 13.0. The second-order valence-corrected chi connectivity index (χ2v) is 7.58. The molecule has 2 aromatic rings. The van der Waals surface area contributed by atoms with Gasteiger partial charge in [0.1, 0.15) is 0 Å². The molecule has 0 aliphatic carbocycles. The average Bonchev–Trinajstić information content (AvgIpc) is 2.84. The SMILES string of the molecule is Cc1cccnc1CN1CCOCC2(C1)CN(c1ccc(Cl)cc1)C(=O)O2. The smallest absolute Gasteiger partial charge is 0.415 e. The maximum atomic E-state index is 12.5. The Hall–Kier alpha value is -2.15. The number of hydrogen-bond acceptors (Lipinski definition) is 5. The number of aryl methyl sites for hydroxylation is 1. The third-order valence-electron chi connectivity index (χ3n) is 5.03. The van der Waals surface area contributed by atoms with Gasteiger partial charge < -0.3 is 9.47 Å². The predicted octanol–water partition coefficient (Wildman–Crippen LogP) is 3.27. The van der Waals surface area contributed by atoms with Crippen LogP contribution in [0.2, 0.25) is 5.02 Å². The molecule has 2 aliphatic rings. The molecular weight excluding hydrogens is 366 g/mol. The van der Waals surface area contributed by atoms with Crippen molar-refractivity contribution in [3.05, 3.63) is 58.9 Å². The van der Waals surface area contributed by atoms with Crippen molar-refractivity contribution in [1.29, 1.82) is 0 Å². The summed E-state index contributed by atoms with van der Waals surface area (Å²) < 4.78 is 11.6. The van der Waals surface area contributed by atoms with Gasteiger partial charge in [0.2, 0.25) is 0 Å². The van der Waals surface area contributed by atoms with E-state index in [1.165, 1.54) is 0 Å². The molecule has 4 rings (SSSR count). The maximum absolute atomic E-state index is 12.5.